The first-order chi connectivity index (χ1) is 11.1. The highest BCUT2D eigenvalue weighted by Crippen LogP contribution is 2.28. The molecule has 1 atom stereocenters. The van der Waals surface area contributed by atoms with Gasteiger partial charge in [-0.3, -0.25) is 4.79 Å². The Hall–Kier alpha value is -2.17. The molecule has 0 spiro atoms. The van der Waals surface area contributed by atoms with E-state index >= 15 is 0 Å². The third-order valence-corrected chi connectivity index (χ3v) is 4.18. The molecule has 1 saturated heterocycles. The molecule has 0 bridgehead atoms. The molecule has 1 aromatic carbocycles. The summed E-state index contributed by atoms with van der Waals surface area (Å²) in [6, 6.07) is 9.81. The van der Waals surface area contributed by atoms with Crippen LogP contribution in [0.15, 0.2) is 34.9 Å². The summed E-state index contributed by atoms with van der Waals surface area (Å²) >= 11 is 0. The second-order valence-corrected chi connectivity index (χ2v) is 6.60. The van der Waals surface area contributed by atoms with Crippen LogP contribution in [0, 0.1) is 5.92 Å². The summed E-state index contributed by atoms with van der Waals surface area (Å²) in [5, 5.41) is 4.09. The molecule has 1 aliphatic rings. The first kappa shape index (κ1) is 15.7. The average Bonchev–Trinajstić information content (AvgIpc) is 3.05. The quantitative estimate of drug-likeness (QED) is 0.867. The topological polar surface area (TPSA) is 59.2 Å². The molecule has 1 aliphatic heterocycles. The Morgan fingerprint density at radius 1 is 1.35 bits per heavy atom. The number of hydrogen-bond donors (Lipinski definition) is 0. The number of piperidine rings is 1. The van der Waals surface area contributed by atoms with Crippen molar-refractivity contribution in [3.63, 3.8) is 0 Å². The Bertz CT molecular complexity index is 651. The Kier molecular flexibility index (Phi) is 4.74. The fourth-order valence-electron chi connectivity index (χ4n) is 2.99. The van der Waals surface area contributed by atoms with Gasteiger partial charge >= 0.3 is 0 Å². The summed E-state index contributed by atoms with van der Waals surface area (Å²) in [7, 11) is 0. The molecule has 122 valence electrons. The second-order valence-electron chi connectivity index (χ2n) is 6.60. The van der Waals surface area contributed by atoms with Crippen LogP contribution in [0.3, 0.4) is 0 Å². The Labute approximate surface area is 136 Å². The Morgan fingerprint density at radius 2 is 2.13 bits per heavy atom. The fourth-order valence-corrected chi connectivity index (χ4v) is 2.99. The van der Waals surface area contributed by atoms with Crippen LogP contribution in [0.4, 0.5) is 0 Å². The van der Waals surface area contributed by atoms with Crippen LogP contribution in [-0.4, -0.2) is 34.0 Å². The lowest BCUT2D eigenvalue weighted by Gasteiger charge is -2.31. The van der Waals surface area contributed by atoms with Gasteiger partial charge in [0.05, 0.1) is 5.92 Å². The zero-order valence-electron chi connectivity index (χ0n) is 13.7. The number of carbonyl (C=O) groups excluding carboxylic acids is 1. The van der Waals surface area contributed by atoms with E-state index in [1.165, 1.54) is 0 Å². The zero-order valence-corrected chi connectivity index (χ0v) is 13.7. The number of nitrogens with zero attached hydrogens (tertiary/aromatic N) is 3. The number of rotatable bonds is 4. The number of likely N-dealkylation sites (tertiary alicyclic amines) is 1. The van der Waals surface area contributed by atoms with Crippen LogP contribution >= 0.6 is 0 Å². The molecular formula is C18H23N3O2. The van der Waals surface area contributed by atoms with Gasteiger partial charge in [-0.25, -0.2) is 0 Å². The second kappa shape index (κ2) is 6.94. The summed E-state index contributed by atoms with van der Waals surface area (Å²) in [5.41, 5.74) is 0.950. The molecule has 3 rings (SSSR count). The summed E-state index contributed by atoms with van der Waals surface area (Å²) < 4.78 is 5.47. The predicted molar refractivity (Wildman–Crippen MR) is 87.7 cm³/mol. The largest absolute Gasteiger partial charge is 0.342 e. The van der Waals surface area contributed by atoms with Crippen molar-refractivity contribution in [2.45, 2.75) is 39.0 Å². The minimum absolute atomic E-state index is 0.143. The third kappa shape index (κ3) is 3.78. The molecule has 1 aromatic heterocycles. The van der Waals surface area contributed by atoms with Crippen molar-refractivity contribution < 1.29 is 9.32 Å². The van der Waals surface area contributed by atoms with E-state index in [9.17, 15) is 4.79 Å². The molecule has 0 saturated carbocycles. The lowest BCUT2D eigenvalue weighted by molar-refractivity contribution is -0.133. The lowest BCUT2D eigenvalue weighted by atomic mass is 9.97. The van der Waals surface area contributed by atoms with Crippen molar-refractivity contribution in [1.29, 1.82) is 0 Å². The van der Waals surface area contributed by atoms with Crippen LogP contribution < -0.4 is 0 Å². The Morgan fingerprint density at radius 3 is 2.87 bits per heavy atom. The van der Waals surface area contributed by atoms with E-state index in [1.54, 1.807) is 0 Å². The van der Waals surface area contributed by atoms with Crippen molar-refractivity contribution in [3.8, 4) is 11.4 Å². The maximum absolute atomic E-state index is 12.3. The molecule has 1 unspecified atom stereocenters. The van der Waals surface area contributed by atoms with E-state index in [4.69, 9.17) is 4.52 Å². The summed E-state index contributed by atoms with van der Waals surface area (Å²) in [6.07, 6.45) is 2.57. The molecule has 5 heteroatoms. The molecular weight excluding hydrogens is 290 g/mol. The average molecular weight is 313 g/mol. The van der Waals surface area contributed by atoms with E-state index in [1.807, 2.05) is 35.2 Å². The SMILES string of the molecule is CC(C)CC(=O)N1CCCC(c2nc(-c3ccccc3)no2)C1. The van der Waals surface area contributed by atoms with Gasteiger partial charge in [-0.1, -0.05) is 49.3 Å². The number of carbonyl (C=O) groups is 1. The molecule has 23 heavy (non-hydrogen) atoms. The van der Waals surface area contributed by atoms with Gasteiger partial charge in [0.25, 0.3) is 0 Å². The first-order valence-electron chi connectivity index (χ1n) is 8.30. The van der Waals surface area contributed by atoms with E-state index in [0.717, 1.165) is 24.9 Å². The standard InChI is InChI=1S/C18H23N3O2/c1-13(2)11-16(22)21-10-6-9-15(12-21)18-19-17(20-23-18)14-7-4-3-5-8-14/h3-5,7-8,13,15H,6,9-12H2,1-2H3. The van der Waals surface area contributed by atoms with Crippen molar-refractivity contribution in [2.24, 2.45) is 5.92 Å². The maximum atomic E-state index is 12.3. The smallest absolute Gasteiger partial charge is 0.231 e. The van der Waals surface area contributed by atoms with Crippen LogP contribution in [0.1, 0.15) is 44.9 Å². The number of amides is 1. The van der Waals surface area contributed by atoms with Crippen LogP contribution in [0.5, 0.6) is 0 Å². The minimum Gasteiger partial charge on any atom is -0.342 e. The molecule has 5 nitrogen and oxygen atoms in total. The van der Waals surface area contributed by atoms with E-state index < -0.39 is 0 Å². The molecule has 0 aliphatic carbocycles. The highest BCUT2D eigenvalue weighted by molar-refractivity contribution is 5.76. The summed E-state index contributed by atoms with van der Waals surface area (Å²) in [6.45, 7) is 5.66. The molecule has 2 aromatic rings. The Balaban J connectivity index is 1.70. The van der Waals surface area contributed by atoms with Crippen LogP contribution in [-0.2, 0) is 4.79 Å². The van der Waals surface area contributed by atoms with Gasteiger partial charge in [0.1, 0.15) is 0 Å². The third-order valence-electron chi connectivity index (χ3n) is 4.18. The van der Waals surface area contributed by atoms with Crippen molar-refractivity contribution in [2.75, 3.05) is 13.1 Å². The number of benzene rings is 1. The van der Waals surface area contributed by atoms with Gasteiger partial charge in [0.2, 0.25) is 17.6 Å². The monoisotopic (exact) mass is 313 g/mol. The van der Waals surface area contributed by atoms with Crippen LogP contribution in [0.2, 0.25) is 0 Å². The van der Waals surface area contributed by atoms with Gasteiger partial charge in [0.15, 0.2) is 0 Å². The molecule has 1 amide bonds. The van der Waals surface area contributed by atoms with Crippen LogP contribution in [0.25, 0.3) is 11.4 Å². The van der Waals surface area contributed by atoms with Gasteiger partial charge in [-0.15, -0.1) is 0 Å². The molecule has 2 heterocycles. The number of aromatic nitrogens is 2. The van der Waals surface area contributed by atoms with Gasteiger partial charge in [0, 0.05) is 25.1 Å². The normalized spacial score (nSPS) is 18.4. The summed E-state index contributed by atoms with van der Waals surface area (Å²) in [5.74, 6) is 2.02. The first-order valence-corrected chi connectivity index (χ1v) is 8.30. The van der Waals surface area contributed by atoms with Crippen molar-refractivity contribution in [1.82, 2.24) is 15.0 Å². The van der Waals surface area contributed by atoms with Gasteiger partial charge in [-0.05, 0) is 18.8 Å². The maximum Gasteiger partial charge on any atom is 0.231 e. The number of hydrogen-bond acceptors (Lipinski definition) is 4. The van der Waals surface area contributed by atoms with Gasteiger partial charge in [-0.2, -0.15) is 4.98 Å². The highest BCUT2D eigenvalue weighted by Gasteiger charge is 2.28. The molecule has 1 fully saturated rings. The van der Waals surface area contributed by atoms with Gasteiger partial charge < -0.3 is 9.42 Å². The zero-order chi connectivity index (χ0) is 16.2. The minimum atomic E-state index is 0.143. The molecule has 0 N–H and O–H groups in total. The lowest BCUT2D eigenvalue weighted by Crippen LogP contribution is -2.39. The van der Waals surface area contributed by atoms with Crippen molar-refractivity contribution >= 4 is 5.91 Å². The summed E-state index contributed by atoms with van der Waals surface area (Å²) in [4.78, 5) is 18.8. The predicted octanol–water partition coefficient (Wildman–Crippen LogP) is 3.49. The highest BCUT2D eigenvalue weighted by atomic mass is 16.5. The van der Waals surface area contributed by atoms with E-state index in [2.05, 4.69) is 24.0 Å². The van der Waals surface area contributed by atoms with E-state index in [0.29, 0.717) is 30.6 Å². The molecule has 0 radical (unpaired) electrons. The van der Waals surface area contributed by atoms with Crippen molar-refractivity contribution in [3.05, 3.63) is 36.2 Å². The van der Waals surface area contributed by atoms with E-state index in [-0.39, 0.29) is 11.8 Å². The fraction of sp³-hybridized carbons (Fsp3) is 0.500.